The third-order valence-corrected chi connectivity index (χ3v) is 2.22. The van der Waals surface area contributed by atoms with E-state index in [0.717, 1.165) is 28.0 Å². The monoisotopic (exact) mass is 173 g/mol. The third kappa shape index (κ3) is 1.13. The van der Waals surface area contributed by atoms with Crippen molar-refractivity contribution in [2.75, 3.05) is 5.73 Å². The Bertz CT molecular complexity index is 463. The molecule has 0 spiro atoms. The molecule has 0 bridgehead atoms. The molecule has 13 heavy (non-hydrogen) atoms. The van der Waals surface area contributed by atoms with Crippen molar-refractivity contribution in [2.45, 2.75) is 13.8 Å². The Morgan fingerprint density at radius 1 is 1.31 bits per heavy atom. The molecule has 3 heteroatoms. The zero-order valence-electron chi connectivity index (χ0n) is 7.70. The van der Waals surface area contributed by atoms with Crippen molar-refractivity contribution in [3.63, 3.8) is 0 Å². The summed E-state index contributed by atoms with van der Waals surface area (Å²) in [5.41, 5.74) is 10.3. The fraction of sp³-hybridized carbons (Fsp3) is 0.200. The lowest BCUT2D eigenvalue weighted by Crippen LogP contribution is -1.98. The Kier molecular flexibility index (Phi) is 1.65. The molecule has 0 fully saturated rings. The van der Waals surface area contributed by atoms with Gasteiger partial charge >= 0.3 is 0 Å². The number of nitrogen functional groups attached to an aromatic ring is 1. The van der Waals surface area contributed by atoms with Crippen molar-refractivity contribution in [1.29, 1.82) is 0 Å². The van der Waals surface area contributed by atoms with Gasteiger partial charge in [-0.2, -0.15) is 0 Å². The van der Waals surface area contributed by atoms with Gasteiger partial charge in [0.15, 0.2) is 0 Å². The molecule has 0 aliphatic rings. The Morgan fingerprint density at radius 2 is 2.08 bits per heavy atom. The van der Waals surface area contributed by atoms with Gasteiger partial charge in [0.05, 0.1) is 22.4 Å². The molecule has 0 aromatic carbocycles. The molecular formula is C10H11N3. The van der Waals surface area contributed by atoms with Gasteiger partial charge in [0.1, 0.15) is 0 Å². The van der Waals surface area contributed by atoms with Crippen molar-refractivity contribution >= 4 is 16.7 Å². The molecular weight excluding hydrogens is 162 g/mol. The van der Waals surface area contributed by atoms with E-state index >= 15 is 0 Å². The van der Waals surface area contributed by atoms with Crippen LogP contribution < -0.4 is 5.73 Å². The number of hydrogen-bond acceptors (Lipinski definition) is 3. The first-order valence-electron chi connectivity index (χ1n) is 4.17. The van der Waals surface area contributed by atoms with Crippen LogP contribution in [-0.2, 0) is 0 Å². The van der Waals surface area contributed by atoms with E-state index in [0.29, 0.717) is 0 Å². The first-order valence-corrected chi connectivity index (χ1v) is 4.17. The summed E-state index contributed by atoms with van der Waals surface area (Å²) in [6.07, 6.45) is 1.76. The molecule has 2 aromatic heterocycles. The third-order valence-electron chi connectivity index (χ3n) is 2.22. The van der Waals surface area contributed by atoms with Crippen LogP contribution in [0.1, 0.15) is 11.3 Å². The summed E-state index contributed by atoms with van der Waals surface area (Å²) in [7, 11) is 0. The second-order valence-corrected chi connectivity index (χ2v) is 3.11. The molecule has 0 unspecified atom stereocenters. The summed E-state index contributed by atoms with van der Waals surface area (Å²) in [6.45, 7) is 3.88. The van der Waals surface area contributed by atoms with Crippen LogP contribution in [0.25, 0.3) is 11.0 Å². The zero-order valence-corrected chi connectivity index (χ0v) is 7.70. The Balaban J connectivity index is 2.94. The zero-order chi connectivity index (χ0) is 9.42. The molecule has 0 saturated carbocycles. The second-order valence-electron chi connectivity index (χ2n) is 3.11. The second kappa shape index (κ2) is 2.69. The van der Waals surface area contributed by atoms with E-state index in [9.17, 15) is 0 Å². The molecule has 66 valence electrons. The van der Waals surface area contributed by atoms with Gasteiger partial charge in [-0.1, -0.05) is 0 Å². The smallest absolute Gasteiger partial charge is 0.0936 e. The topological polar surface area (TPSA) is 51.8 Å². The van der Waals surface area contributed by atoms with Crippen LogP contribution in [0.5, 0.6) is 0 Å². The van der Waals surface area contributed by atoms with Crippen molar-refractivity contribution in [1.82, 2.24) is 9.97 Å². The van der Waals surface area contributed by atoms with Gasteiger partial charge < -0.3 is 5.73 Å². The van der Waals surface area contributed by atoms with Crippen LogP contribution in [0.4, 0.5) is 5.69 Å². The Morgan fingerprint density at radius 3 is 2.85 bits per heavy atom. The fourth-order valence-electron chi connectivity index (χ4n) is 1.42. The quantitative estimate of drug-likeness (QED) is 0.661. The predicted molar refractivity (Wildman–Crippen MR) is 53.4 cm³/mol. The number of nitrogens with zero attached hydrogens (tertiary/aromatic N) is 2. The standard InChI is InChI=1S/C10H11N3/c1-6-9(11)7(2)13-8-4-3-5-12-10(6)8/h3-5H,11H2,1-2H3. The lowest BCUT2D eigenvalue weighted by Gasteiger charge is -2.06. The maximum atomic E-state index is 5.85. The van der Waals surface area contributed by atoms with Crippen molar-refractivity contribution in [3.8, 4) is 0 Å². The van der Waals surface area contributed by atoms with Crippen LogP contribution in [0, 0.1) is 13.8 Å². The molecule has 0 atom stereocenters. The van der Waals surface area contributed by atoms with Gasteiger partial charge in [0, 0.05) is 11.8 Å². The van der Waals surface area contributed by atoms with E-state index in [1.807, 2.05) is 26.0 Å². The molecule has 3 nitrogen and oxygen atoms in total. The van der Waals surface area contributed by atoms with Gasteiger partial charge in [0.25, 0.3) is 0 Å². The van der Waals surface area contributed by atoms with E-state index in [2.05, 4.69) is 9.97 Å². The van der Waals surface area contributed by atoms with Crippen molar-refractivity contribution in [2.24, 2.45) is 0 Å². The summed E-state index contributed by atoms with van der Waals surface area (Å²) in [6, 6.07) is 3.83. The summed E-state index contributed by atoms with van der Waals surface area (Å²) >= 11 is 0. The summed E-state index contributed by atoms with van der Waals surface area (Å²) in [5.74, 6) is 0. The van der Waals surface area contributed by atoms with E-state index in [-0.39, 0.29) is 0 Å². The Hall–Kier alpha value is -1.64. The normalized spacial score (nSPS) is 10.6. The summed E-state index contributed by atoms with van der Waals surface area (Å²) in [4.78, 5) is 8.59. The van der Waals surface area contributed by atoms with Gasteiger partial charge in [-0.25, -0.2) is 4.98 Å². The van der Waals surface area contributed by atoms with Crippen molar-refractivity contribution < 1.29 is 0 Å². The predicted octanol–water partition coefficient (Wildman–Crippen LogP) is 1.83. The number of rotatable bonds is 0. The SMILES string of the molecule is Cc1nc2cccnc2c(C)c1N. The highest BCUT2D eigenvalue weighted by Crippen LogP contribution is 2.21. The number of fused-ring (bicyclic) bond motifs is 1. The van der Waals surface area contributed by atoms with Crippen LogP contribution in [0.2, 0.25) is 0 Å². The minimum absolute atomic E-state index is 0.742. The molecule has 2 rings (SSSR count). The molecule has 2 N–H and O–H groups in total. The molecule has 0 aliphatic carbocycles. The number of hydrogen-bond donors (Lipinski definition) is 1. The number of anilines is 1. The first kappa shape index (κ1) is 7.98. The minimum atomic E-state index is 0.742. The van der Waals surface area contributed by atoms with Crippen LogP contribution in [0.3, 0.4) is 0 Å². The maximum absolute atomic E-state index is 5.85. The number of aromatic nitrogens is 2. The number of aryl methyl sites for hydroxylation is 2. The van der Waals surface area contributed by atoms with Crippen molar-refractivity contribution in [3.05, 3.63) is 29.6 Å². The number of pyridine rings is 2. The average Bonchev–Trinajstić information content (AvgIpc) is 2.15. The fourth-order valence-corrected chi connectivity index (χ4v) is 1.42. The van der Waals surface area contributed by atoms with Crippen LogP contribution >= 0.6 is 0 Å². The van der Waals surface area contributed by atoms with E-state index in [1.54, 1.807) is 6.20 Å². The van der Waals surface area contributed by atoms with E-state index in [4.69, 9.17) is 5.73 Å². The lowest BCUT2D eigenvalue weighted by atomic mass is 10.1. The summed E-state index contributed by atoms with van der Waals surface area (Å²) in [5, 5.41) is 0. The van der Waals surface area contributed by atoms with E-state index in [1.165, 1.54) is 0 Å². The molecule has 0 aliphatic heterocycles. The molecule has 2 aromatic rings. The van der Waals surface area contributed by atoms with Gasteiger partial charge in [-0.3, -0.25) is 4.98 Å². The molecule has 2 heterocycles. The van der Waals surface area contributed by atoms with E-state index < -0.39 is 0 Å². The molecule has 0 radical (unpaired) electrons. The largest absolute Gasteiger partial charge is 0.397 e. The van der Waals surface area contributed by atoms with Crippen LogP contribution in [-0.4, -0.2) is 9.97 Å². The lowest BCUT2D eigenvalue weighted by molar-refractivity contribution is 1.22. The maximum Gasteiger partial charge on any atom is 0.0936 e. The highest BCUT2D eigenvalue weighted by Gasteiger charge is 2.05. The van der Waals surface area contributed by atoms with Gasteiger partial charge in [0.2, 0.25) is 0 Å². The van der Waals surface area contributed by atoms with Crippen LogP contribution in [0.15, 0.2) is 18.3 Å². The minimum Gasteiger partial charge on any atom is -0.397 e. The first-order chi connectivity index (χ1) is 6.20. The average molecular weight is 173 g/mol. The van der Waals surface area contributed by atoms with Gasteiger partial charge in [-0.15, -0.1) is 0 Å². The highest BCUT2D eigenvalue weighted by molar-refractivity contribution is 5.82. The molecule has 0 saturated heterocycles. The highest BCUT2D eigenvalue weighted by atomic mass is 14.8. The Labute approximate surface area is 76.6 Å². The molecule has 0 amide bonds. The summed E-state index contributed by atoms with van der Waals surface area (Å²) < 4.78 is 0. The number of nitrogens with two attached hydrogens (primary N) is 1. The van der Waals surface area contributed by atoms with Gasteiger partial charge in [-0.05, 0) is 26.0 Å².